The van der Waals surface area contributed by atoms with E-state index in [9.17, 15) is 18.0 Å². The largest absolute Gasteiger partial charge is 0.418 e. The van der Waals surface area contributed by atoms with Crippen LogP contribution in [0.2, 0.25) is 0 Å². The summed E-state index contributed by atoms with van der Waals surface area (Å²) in [6.07, 6.45) is -2.19. The highest BCUT2D eigenvalue weighted by molar-refractivity contribution is 5.90. The van der Waals surface area contributed by atoms with Crippen LogP contribution < -0.4 is 10.2 Å². The molecule has 1 saturated carbocycles. The number of para-hydroxylation sites is 1. The van der Waals surface area contributed by atoms with E-state index in [1.165, 1.54) is 35.9 Å². The maximum Gasteiger partial charge on any atom is 0.418 e. The Bertz CT molecular complexity index is 843. The Balaban J connectivity index is 1.35. The van der Waals surface area contributed by atoms with E-state index in [4.69, 9.17) is 0 Å². The second-order valence-electron chi connectivity index (χ2n) is 7.04. The van der Waals surface area contributed by atoms with Gasteiger partial charge in [-0.1, -0.05) is 12.1 Å². The minimum atomic E-state index is -4.52. The van der Waals surface area contributed by atoms with E-state index in [0.29, 0.717) is 32.1 Å². The number of nitrogens with zero attached hydrogens (tertiary/aromatic N) is 4. The van der Waals surface area contributed by atoms with Crippen molar-refractivity contribution in [3.8, 4) is 0 Å². The maximum absolute atomic E-state index is 13.1. The monoisotopic (exact) mass is 391 g/mol. The Kier molecular flexibility index (Phi) is 4.82. The van der Waals surface area contributed by atoms with Gasteiger partial charge in [0.05, 0.1) is 16.9 Å². The second kappa shape index (κ2) is 7.29. The molecule has 1 aromatic carbocycles. The molecule has 6 nitrogen and oxygen atoms in total. The zero-order valence-electron chi connectivity index (χ0n) is 15.1. The molecule has 9 heteroatoms. The number of alkyl halides is 3. The molecular weight excluding hydrogens is 371 g/mol. The number of piperazine rings is 1. The number of carbonyl (C=O) groups excluding carboxylic acids is 1. The Morgan fingerprint density at radius 1 is 1.00 bits per heavy atom. The molecule has 28 heavy (non-hydrogen) atoms. The van der Waals surface area contributed by atoms with Crippen LogP contribution in [0.4, 0.5) is 29.5 Å². The number of nitrogens with one attached hydrogen (secondary N) is 1. The quantitative estimate of drug-likeness (QED) is 0.866. The molecule has 0 spiro atoms. The Hall–Kier alpha value is -2.84. The van der Waals surface area contributed by atoms with E-state index in [0.717, 1.165) is 17.6 Å². The number of urea groups is 1. The highest BCUT2D eigenvalue weighted by atomic mass is 19.4. The van der Waals surface area contributed by atoms with Gasteiger partial charge in [-0.2, -0.15) is 18.3 Å². The van der Waals surface area contributed by atoms with Crippen LogP contribution in [-0.4, -0.2) is 47.3 Å². The standard InChI is InChI=1S/C19H20F3N5O/c20-19(21,22)14-3-1-2-4-16(14)23-18(28)27-11-9-26(10-12-27)17-8-7-15(24-25-17)13-5-6-13/h1-4,7-8,13H,5-6,9-12H2,(H,23,28). The van der Waals surface area contributed by atoms with Crippen LogP contribution in [0.25, 0.3) is 0 Å². The van der Waals surface area contributed by atoms with Crippen molar-refractivity contribution in [1.82, 2.24) is 15.1 Å². The van der Waals surface area contributed by atoms with Crippen molar-refractivity contribution < 1.29 is 18.0 Å². The van der Waals surface area contributed by atoms with Gasteiger partial charge in [0.1, 0.15) is 0 Å². The maximum atomic E-state index is 13.1. The van der Waals surface area contributed by atoms with Gasteiger partial charge in [0.15, 0.2) is 5.82 Å². The summed E-state index contributed by atoms with van der Waals surface area (Å²) in [6, 6.07) is 8.38. The summed E-state index contributed by atoms with van der Waals surface area (Å²) in [7, 11) is 0. The number of amides is 2. The van der Waals surface area contributed by atoms with Crippen molar-refractivity contribution in [3.05, 3.63) is 47.7 Å². The Labute approximate surface area is 160 Å². The highest BCUT2D eigenvalue weighted by Crippen LogP contribution is 2.38. The second-order valence-corrected chi connectivity index (χ2v) is 7.04. The lowest BCUT2D eigenvalue weighted by molar-refractivity contribution is -0.136. The molecule has 148 valence electrons. The fourth-order valence-electron chi connectivity index (χ4n) is 3.27. The third-order valence-electron chi connectivity index (χ3n) is 5.03. The first-order chi connectivity index (χ1) is 13.4. The lowest BCUT2D eigenvalue weighted by Crippen LogP contribution is -2.50. The van der Waals surface area contributed by atoms with E-state index < -0.39 is 17.8 Å². The zero-order chi connectivity index (χ0) is 19.7. The van der Waals surface area contributed by atoms with Crippen LogP contribution in [0.5, 0.6) is 0 Å². The number of benzene rings is 1. The number of aromatic nitrogens is 2. The molecule has 0 atom stereocenters. The number of rotatable bonds is 3. The molecule has 0 unspecified atom stereocenters. The molecule has 0 bridgehead atoms. The molecule has 1 aliphatic heterocycles. The van der Waals surface area contributed by atoms with Crippen LogP contribution in [0.1, 0.15) is 30.0 Å². The van der Waals surface area contributed by atoms with Gasteiger partial charge in [-0.3, -0.25) is 0 Å². The van der Waals surface area contributed by atoms with Crippen molar-refractivity contribution >= 4 is 17.5 Å². The first-order valence-electron chi connectivity index (χ1n) is 9.22. The normalized spacial score (nSPS) is 17.5. The fourth-order valence-corrected chi connectivity index (χ4v) is 3.27. The lowest BCUT2D eigenvalue weighted by Gasteiger charge is -2.35. The Morgan fingerprint density at radius 3 is 2.32 bits per heavy atom. The van der Waals surface area contributed by atoms with Crippen molar-refractivity contribution in [3.63, 3.8) is 0 Å². The molecule has 1 aromatic heterocycles. The van der Waals surface area contributed by atoms with Crippen LogP contribution in [0, 0.1) is 0 Å². The van der Waals surface area contributed by atoms with Gasteiger partial charge in [-0.05, 0) is 37.1 Å². The van der Waals surface area contributed by atoms with Crippen LogP contribution in [0.3, 0.4) is 0 Å². The zero-order valence-corrected chi connectivity index (χ0v) is 15.1. The topological polar surface area (TPSA) is 61.4 Å². The molecule has 2 aliphatic rings. The summed E-state index contributed by atoms with van der Waals surface area (Å²) in [6.45, 7) is 1.88. The van der Waals surface area contributed by atoms with Crippen molar-refractivity contribution in [1.29, 1.82) is 0 Å². The summed E-state index contributed by atoms with van der Waals surface area (Å²) in [4.78, 5) is 16.0. The van der Waals surface area contributed by atoms with E-state index in [2.05, 4.69) is 15.5 Å². The third kappa shape index (κ3) is 4.02. The molecule has 4 rings (SSSR count). The third-order valence-corrected chi connectivity index (χ3v) is 5.03. The summed E-state index contributed by atoms with van der Waals surface area (Å²) < 4.78 is 39.2. The number of hydrogen-bond acceptors (Lipinski definition) is 4. The number of hydrogen-bond donors (Lipinski definition) is 1. The molecule has 0 radical (unpaired) electrons. The van der Waals surface area contributed by atoms with Gasteiger partial charge in [0, 0.05) is 32.1 Å². The number of halogens is 3. The number of carbonyl (C=O) groups is 1. The average molecular weight is 391 g/mol. The summed E-state index contributed by atoms with van der Waals surface area (Å²) >= 11 is 0. The van der Waals surface area contributed by atoms with Crippen LogP contribution >= 0.6 is 0 Å². The van der Waals surface area contributed by atoms with Crippen LogP contribution in [0.15, 0.2) is 36.4 Å². The van der Waals surface area contributed by atoms with E-state index in [1.807, 2.05) is 17.0 Å². The predicted octanol–water partition coefficient (Wildman–Crippen LogP) is 3.73. The predicted molar refractivity (Wildman–Crippen MR) is 98.3 cm³/mol. The van der Waals surface area contributed by atoms with E-state index in [-0.39, 0.29) is 5.69 Å². The molecule has 1 aliphatic carbocycles. The molecule has 2 heterocycles. The molecular formula is C19H20F3N5O. The molecule has 1 N–H and O–H groups in total. The van der Waals surface area contributed by atoms with Crippen molar-refractivity contribution in [2.24, 2.45) is 0 Å². The number of anilines is 2. The van der Waals surface area contributed by atoms with Crippen molar-refractivity contribution in [2.45, 2.75) is 24.9 Å². The first kappa shape index (κ1) is 18.5. The van der Waals surface area contributed by atoms with Gasteiger partial charge < -0.3 is 15.1 Å². The molecule has 2 aromatic rings. The SMILES string of the molecule is O=C(Nc1ccccc1C(F)(F)F)N1CCN(c2ccc(C3CC3)nn2)CC1. The average Bonchev–Trinajstić information content (AvgIpc) is 3.53. The Morgan fingerprint density at radius 2 is 1.71 bits per heavy atom. The van der Waals surface area contributed by atoms with Gasteiger partial charge in [-0.15, -0.1) is 5.10 Å². The molecule has 2 fully saturated rings. The lowest BCUT2D eigenvalue weighted by atomic mass is 10.1. The summed E-state index contributed by atoms with van der Waals surface area (Å²) in [5.74, 6) is 1.30. The van der Waals surface area contributed by atoms with E-state index in [1.54, 1.807) is 0 Å². The van der Waals surface area contributed by atoms with Crippen LogP contribution in [-0.2, 0) is 6.18 Å². The highest BCUT2D eigenvalue weighted by Gasteiger charge is 2.34. The fraction of sp³-hybridized carbons (Fsp3) is 0.421. The minimum absolute atomic E-state index is 0.232. The molecule has 1 saturated heterocycles. The van der Waals surface area contributed by atoms with Gasteiger partial charge in [0.2, 0.25) is 0 Å². The van der Waals surface area contributed by atoms with Crippen molar-refractivity contribution in [2.75, 3.05) is 36.4 Å². The minimum Gasteiger partial charge on any atom is -0.352 e. The first-order valence-corrected chi connectivity index (χ1v) is 9.22. The van der Waals surface area contributed by atoms with E-state index >= 15 is 0 Å². The van der Waals surface area contributed by atoms with Gasteiger partial charge in [0.25, 0.3) is 0 Å². The molecule has 2 amide bonds. The smallest absolute Gasteiger partial charge is 0.352 e. The van der Waals surface area contributed by atoms with Gasteiger partial charge in [-0.25, -0.2) is 4.79 Å². The van der Waals surface area contributed by atoms with Gasteiger partial charge >= 0.3 is 12.2 Å². The summed E-state index contributed by atoms with van der Waals surface area (Å²) in [5.41, 5.74) is -0.0675. The summed E-state index contributed by atoms with van der Waals surface area (Å²) in [5, 5.41) is 10.9.